The molecule has 0 radical (unpaired) electrons. The molecule has 0 unspecified atom stereocenters. The number of hydrogen-bond acceptors (Lipinski definition) is 3. The van der Waals surface area contributed by atoms with Crippen LogP contribution < -0.4 is 5.32 Å². The second-order valence-corrected chi connectivity index (χ2v) is 5.05. The Morgan fingerprint density at radius 1 is 1.17 bits per heavy atom. The molecule has 112 valence electrons. The summed E-state index contributed by atoms with van der Waals surface area (Å²) in [6.07, 6.45) is 3.09. The second-order valence-electron chi connectivity index (χ2n) is 5.05. The third-order valence-corrected chi connectivity index (χ3v) is 3.39. The minimum atomic E-state index is -0.199. The van der Waals surface area contributed by atoms with Crippen LogP contribution in [0, 0.1) is 11.3 Å². The van der Waals surface area contributed by atoms with Gasteiger partial charge in [0.1, 0.15) is 11.3 Å². The fourth-order valence-corrected chi connectivity index (χ4v) is 2.19. The van der Waals surface area contributed by atoms with Gasteiger partial charge in [0.25, 0.3) is 0 Å². The topological polar surface area (TPSA) is 66.0 Å². The third kappa shape index (κ3) is 3.66. The van der Waals surface area contributed by atoms with Crippen molar-refractivity contribution >= 4 is 23.0 Å². The first-order chi connectivity index (χ1) is 11.2. The predicted octanol–water partition coefficient (Wildman–Crippen LogP) is 3.63. The summed E-state index contributed by atoms with van der Waals surface area (Å²) in [4.78, 5) is 11.8. The minimum Gasteiger partial charge on any atom is -0.457 e. The highest BCUT2D eigenvalue weighted by Crippen LogP contribution is 2.19. The van der Waals surface area contributed by atoms with E-state index in [1.807, 2.05) is 42.5 Å². The average molecular weight is 302 g/mol. The van der Waals surface area contributed by atoms with Gasteiger partial charge in [-0.05, 0) is 35.9 Å². The summed E-state index contributed by atoms with van der Waals surface area (Å²) in [6.45, 7) is 0.412. The van der Waals surface area contributed by atoms with Crippen LogP contribution in [0.3, 0.4) is 0 Å². The number of rotatable bonds is 4. The molecule has 3 rings (SSSR count). The summed E-state index contributed by atoms with van der Waals surface area (Å²) in [5.74, 6) is 0.439. The lowest BCUT2D eigenvalue weighted by Gasteiger charge is -2.02. The number of nitrogens with one attached hydrogen (secondary N) is 1. The lowest BCUT2D eigenvalue weighted by molar-refractivity contribution is -0.116. The molecule has 23 heavy (non-hydrogen) atoms. The maximum atomic E-state index is 11.8. The highest BCUT2D eigenvalue weighted by Gasteiger charge is 2.01. The van der Waals surface area contributed by atoms with E-state index < -0.39 is 0 Å². The fraction of sp³-hybridized carbons (Fsp3) is 0.0526. The predicted molar refractivity (Wildman–Crippen MR) is 88.3 cm³/mol. The average Bonchev–Trinajstić information content (AvgIpc) is 3.01. The van der Waals surface area contributed by atoms with E-state index in [0.717, 1.165) is 16.5 Å². The van der Waals surface area contributed by atoms with Crippen molar-refractivity contribution in [3.8, 4) is 6.07 Å². The molecular formula is C19H14N2O2. The third-order valence-electron chi connectivity index (χ3n) is 3.39. The number of para-hydroxylation sites is 1. The standard InChI is InChI=1S/C19H14N2O2/c20-12-14-5-7-15(8-6-14)13-21-19(22)10-9-17-11-16-3-1-2-4-18(16)23-17/h1-11H,13H2,(H,21,22)/b10-9+. The Bertz CT molecular complexity index is 866. The van der Waals surface area contributed by atoms with E-state index >= 15 is 0 Å². The molecule has 1 heterocycles. The first-order valence-electron chi connectivity index (χ1n) is 7.18. The summed E-state index contributed by atoms with van der Waals surface area (Å²) in [5.41, 5.74) is 2.34. The van der Waals surface area contributed by atoms with Crippen molar-refractivity contribution in [2.24, 2.45) is 0 Å². The van der Waals surface area contributed by atoms with Crippen molar-refractivity contribution in [3.05, 3.63) is 77.6 Å². The summed E-state index contributed by atoms with van der Waals surface area (Å²) in [6, 6.07) is 18.7. The van der Waals surface area contributed by atoms with E-state index in [9.17, 15) is 4.79 Å². The highest BCUT2D eigenvalue weighted by atomic mass is 16.3. The number of nitriles is 1. The van der Waals surface area contributed by atoms with Crippen LogP contribution in [-0.4, -0.2) is 5.91 Å². The highest BCUT2D eigenvalue weighted by molar-refractivity contribution is 5.92. The van der Waals surface area contributed by atoms with Crippen molar-refractivity contribution in [3.63, 3.8) is 0 Å². The zero-order valence-electron chi connectivity index (χ0n) is 12.3. The molecule has 0 aliphatic carbocycles. The smallest absolute Gasteiger partial charge is 0.244 e. The van der Waals surface area contributed by atoms with Crippen molar-refractivity contribution in [1.29, 1.82) is 5.26 Å². The van der Waals surface area contributed by atoms with E-state index in [2.05, 4.69) is 11.4 Å². The fourth-order valence-electron chi connectivity index (χ4n) is 2.19. The van der Waals surface area contributed by atoms with E-state index in [0.29, 0.717) is 17.9 Å². The van der Waals surface area contributed by atoms with Gasteiger partial charge in [0.2, 0.25) is 5.91 Å². The first kappa shape index (κ1) is 14.6. The number of benzene rings is 2. The zero-order chi connectivity index (χ0) is 16.1. The molecule has 4 heteroatoms. The Morgan fingerprint density at radius 3 is 2.70 bits per heavy atom. The molecule has 0 spiro atoms. The molecule has 0 saturated heterocycles. The van der Waals surface area contributed by atoms with Crippen LogP contribution in [0.5, 0.6) is 0 Å². The normalized spacial score (nSPS) is 10.7. The Hall–Kier alpha value is -3.32. The van der Waals surface area contributed by atoms with Gasteiger partial charge in [0.15, 0.2) is 0 Å². The van der Waals surface area contributed by atoms with Crippen LogP contribution in [0.1, 0.15) is 16.9 Å². The van der Waals surface area contributed by atoms with E-state index in [1.165, 1.54) is 6.08 Å². The molecule has 1 N–H and O–H groups in total. The van der Waals surface area contributed by atoms with E-state index in [1.54, 1.807) is 18.2 Å². The summed E-state index contributed by atoms with van der Waals surface area (Å²) in [5, 5.41) is 12.5. The minimum absolute atomic E-state index is 0.199. The van der Waals surface area contributed by atoms with Gasteiger partial charge in [-0.15, -0.1) is 0 Å². The molecule has 0 atom stereocenters. The summed E-state index contributed by atoms with van der Waals surface area (Å²) in [7, 11) is 0. The van der Waals surface area contributed by atoms with Crippen LogP contribution in [0.4, 0.5) is 0 Å². The van der Waals surface area contributed by atoms with Gasteiger partial charge in [-0.3, -0.25) is 4.79 Å². The van der Waals surface area contributed by atoms with Crippen molar-refractivity contribution in [1.82, 2.24) is 5.32 Å². The molecule has 0 fully saturated rings. The molecule has 1 amide bonds. The maximum absolute atomic E-state index is 11.8. The van der Waals surface area contributed by atoms with Crippen LogP contribution in [0.2, 0.25) is 0 Å². The number of amides is 1. The quantitative estimate of drug-likeness (QED) is 0.748. The van der Waals surface area contributed by atoms with Gasteiger partial charge in [-0.25, -0.2) is 0 Å². The largest absolute Gasteiger partial charge is 0.457 e. The molecular weight excluding hydrogens is 288 g/mol. The van der Waals surface area contributed by atoms with Crippen molar-refractivity contribution in [2.45, 2.75) is 6.54 Å². The lowest BCUT2D eigenvalue weighted by Crippen LogP contribution is -2.20. The molecule has 1 aromatic heterocycles. The molecule has 0 aliphatic rings. The molecule has 3 aromatic rings. The SMILES string of the molecule is N#Cc1ccc(CNC(=O)/C=C/c2cc3ccccc3o2)cc1. The Kier molecular flexibility index (Phi) is 4.21. The summed E-state index contributed by atoms with van der Waals surface area (Å²) >= 11 is 0. The molecule has 0 aliphatic heterocycles. The molecule has 2 aromatic carbocycles. The summed E-state index contributed by atoms with van der Waals surface area (Å²) < 4.78 is 5.61. The lowest BCUT2D eigenvalue weighted by atomic mass is 10.1. The first-order valence-corrected chi connectivity index (χ1v) is 7.18. The number of nitrogens with zero attached hydrogens (tertiary/aromatic N) is 1. The van der Waals surface area contributed by atoms with Crippen molar-refractivity contribution in [2.75, 3.05) is 0 Å². The number of carbonyl (C=O) groups excluding carboxylic acids is 1. The number of furan rings is 1. The zero-order valence-corrected chi connectivity index (χ0v) is 12.3. The maximum Gasteiger partial charge on any atom is 0.244 e. The van der Waals surface area contributed by atoms with Gasteiger partial charge in [-0.1, -0.05) is 30.3 Å². The van der Waals surface area contributed by atoms with Gasteiger partial charge >= 0.3 is 0 Å². The van der Waals surface area contributed by atoms with Gasteiger partial charge < -0.3 is 9.73 Å². The monoisotopic (exact) mass is 302 g/mol. The number of fused-ring (bicyclic) bond motifs is 1. The van der Waals surface area contributed by atoms with E-state index in [4.69, 9.17) is 9.68 Å². The van der Waals surface area contributed by atoms with Crippen LogP contribution in [-0.2, 0) is 11.3 Å². The van der Waals surface area contributed by atoms with Gasteiger partial charge in [0.05, 0.1) is 11.6 Å². The molecule has 0 saturated carbocycles. The van der Waals surface area contributed by atoms with Gasteiger partial charge in [0, 0.05) is 18.0 Å². The molecule has 4 nitrogen and oxygen atoms in total. The number of carbonyl (C=O) groups is 1. The Morgan fingerprint density at radius 2 is 1.96 bits per heavy atom. The van der Waals surface area contributed by atoms with Crippen LogP contribution in [0.15, 0.2) is 65.1 Å². The number of hydrogen-bond donors (Lipinski definition) is 1. The second kappa shape index (κ2) is 6.63. The van der Waals surface area contributed by atoms with Crippen LogP contribution in [0.25, 0.3) is 17.0 Å². The van der Waals surface area contributed by atoms with E-state index in [-0.39, 0.29) is 5.91 Å². The Balaban J connectivity index is 1.59. The van der Waals surface area contributed by atoms with Crippen molar-refractivity contribution < 1.29 is 9.21 Å². The molecule has 0 bridgehead atoms. The van der Waals surface area contributed by atoms with Gasteiger partial charge in [-0.2, -0.15) is 5.26 Å². The Labute approximate surface area is 133 Å². The van der Waals surface area contributed by atoms with Crippen LogP contribution >= 0.6 is 0 Å².